The van der Waals surface area contributed by atoms with Crippen LogP contribution in [0.3, 0.4) is 0 Å². The van der Waals surface area contributed by atoms with Crippen molar-refractivity contribution < 1.29 is 50.5 Å². The van der Waals surface area contributed by atoms with E-state index in [2.05, 4.69) is 4.98 Å². The molecule has 0 aliphatic carbocycles. The average molecular weight is 399 g/mol. The molecule has 1 rings (SSSR count). The van der Waals surface area contributed by atoms with Gasteiger partial charge in [-0.15, -0.1) is 0 Å². The minimum atomic E-state index is -1.52. The predicted molar refractivity (Wildman–Crippen MR) is 77.8 cm³/mol. The van der Waals surface area contributed by atoms with Crippen molar-refractivity contribution in [1.29, 1.82) is 0 Å². The summed E-state index contributed by atoms with van der Waals surface area (Å²) in [6.45, 7) is 0. The third-order valence-corrected chi connectivity index (χ3v) is 1.17. The third kappa shape index (κ3) is 21.2. The van der Waals surface area contributed by atoms with Crippen molar-refractivity contribution in [3.8, 4) is 0 Å². The van der Waals surface area contributed by atoms with Gasteiger partial charge in [-0.3, -0.25) is 8.42 Å². The molecule has 1 heterocycles. The summed E-state index contributed by atoms with van der Waals surface area (Å²) in [4.78, 5) is 23.6. The summed E-state index contributed by atoms with van der Waals surface area (Å²) < 4.78 is 19.1. The van der Waals surface area contributed by atoms with E-state index in [-0.39, 0.29) is 22.3 Å². The molecular formula is C11H18CoNO7S2+. The number of pyridine rings is 1. The third-order valence-electron chi connectivity index (χ3n) is 1.17. The molecule has 0 aromatic carbocycles. The molecule has 1 aromatic rings. The molecule has 0 saturated heterocycles. The van der Waals surface area contributed by atoms with Crippen LogP contribution in [0.1, 0.15) is 21.0 Å². The van der Waals surface area contributed by atoms with Crippen LogP contribution in [0.15, 0.2) is 18.2 Å². The molecule has 8 nitrogen and oxygen atoms in total. The summed E-state index contributed by atoms with van der Waals surface area (Å²) in [7, 11) is -1.22. The second-order valence-electron chi connectivity index (χ2n) is 3.47. The molecular weight excluding hydrogens is 381 g/mol. The molecule has 0 bridgehead atoms. The topological polar surface area (TPSA) is 160 Å². The molecule has 0 aliphatic rings. The van der Waals surface area contributed by atoms with Crippen LogP contribution in [0.4, 0.5) is 0 Å². The van der Waals surface area contributed by atoms with Gasteiger partial charge in [-0.25, -0.2) is 4.98 Å². The standard InChI is InChI=1S/C7H5NO4.2C2H6OS.Co.H2O/c9-6(10)4-2-1-3-5(8-4)7(11)12;2*1-4(2)3;;/h1-3H,(H,9,10)(H,11,12);2*1-2H3;;1H2/q;;;+2;/p-1. The van der Waals surface area contributed by atoms with E-state index in [1.165, 1.54) is 6.07 Å². The van der Waals surface area contributed by atoms with Crippen LogP contribution >= 0.6 is 0 Å². The van der Waals surface area contributed by atoms with E-state index in [1.807, 2.05) is 0 Å². The molecule has 0 spiro atoms. The maximum atomic E-state index is 10.2. The van der Waals surface area contributed by atoms with Crippen molar-refractivity contribution in [2.45, 2.75) is 0 Å². The number of nitrogens with zero attached hydrogens (tertiary/aromatic N) is 1. The van der Waals surface area contributed by atoms with Gasteiger partial charge in [0, 0.05) is 46.6 Å². The maximum Gasteiger partial charge on any atom is 2.00 e. The monoisotopic (exact) mass is 399 g/mol. The zero-order valence-corrected chi connectivity index (χ0v) is 15.0. The van der Waals surface area contributed by atoms with Crippen molar-refractivity contribution in [3.05, 3.63) is 29.6 Å². The van der Waals surface area contributed by atoms with Crippen molar-refractivity contribution in [3.63, 3.8) is 0 Å². The van der Waals surface area contributed by atoms with Crippen molar-refractivity contribution in [2.24, 2.45) is 0 Å². The fourth-order valence-electron chi connectivity index (χ4n) is 0.662. The SMILES string of the molecule is CS(C)=O.CS(C)=O.O=C([O-])c1cccc(C(=O)[O-])n1.[Co+2].[OH3+]. The van der Waals surface area contributed by atoms with Crippen molar-refractivity contribution in [1.82, 2.24) is 4.98 Å². The summed E-state index contributed by atoms with van der Waals surface area (Å²) in [5.41, 5.74) is -0.839. The molecule has 0 saturated carbocycles. The fraction of sp³-hybridized carbons (Fsp3) is 0.364. The second kappa shape index (κ2) is 16.2. The van der Waals surface area contributed by atoms with Crippen LogP contribution in [-0.4, -0.2) is 50.4 Å². The van der Waals surface area contributed by atoms with Gasteiger partial charge in [-0.2, -0.15) is 0 Å². The molecule has 3 N–H and O–H groups in total. The van der Waals surface area contributed by atoms with E-state index >= 15 is 0 Å². The van der Waals surface area contributed by atoms with Crippen molar-refractivity contribution in [2.75, 3.05) is 25.0 Å². The van der Waals surface area contributed by atoms with Gasteiger partial charge in [-0.05, 0) is 12.1 Å². The van der Waals surface area contributed by atoms with Crippen LogP contribution in [0, 0.1) is 0 Å². The van der Waals surface area contributed by atoms with Gasteiger partial charge in [0.25, 0.3) is 0 Å². The molecule has 0 atom stereocenters. The number of carbonyl (C=O) groups is 2. The Morgan fingerprint density at radius 2 is 1.14 bits per heavy atom. The maximum absolute atomic E-state index is 10.2. The molecule has 0 fully saturated rings. The van der Waals surface area contributed by atoms with E-state index in [9.17, 15) is 28.2 Å². The second-order valence-corrected chi connectivity index (χ2v) is 6.43. The Morgan fingerprint density at radius 3 is 1.32 bits per heavy atom. The van der Waals surface area contributed by atoms with Gasteiger partial charge in [0.1, 0.15) is 0 Å². The van der Waals surface area contributed by atoms with Gasteiger partial charge in [-0.1, -0.05) is 6.07 Å². The number of aromatic nitrogens is 1. The zero-order chi connectivity index (χ0) is 16.3. The zero-order valence-electron chi connectivity index (χ0n) is 12.4. The molecule has 11 heteroatoms. The molecule has 0 aliphatic heterocycles. The number of carboxylic acid groups (broad SMARTS) is 2. The van der Waals surface area contributed by atoms with Crippen LogP contribution in [0.2, 0.25) is 0 Å². The first kappa shape index (κ1) is 28.9. The molecule has 0 unspecified atom stereocenters. The first-order valence-electron chi connectivity index (χ1n) is 4.97. The number of rotatable bonds is 2. The van der Waals surface area contributed by atoms with E-state index in [4.69, 9.17) is 0 Å². The Bertz CT molecular complexity index is 462. The van der Waals surface area contributed by atoms with Gasteiger partial charge >= 0.3 is 16.8 Å². The number of aromatic carboxylic acids is 2. The first-order valence-corrected chi connectivity index (χ1v) is 8.91. The Balaban J connectivity index is -0.000000138. The molecule has 129 valence electrons. The van der Waals surface area contributed by atoms with Gasteiger partial charge in [0.05, 0.1) is 23.3 Å². The number of carboxylic acids is 2. The molecule has 22 heavy (non-hydrogen) atoms. The van der Waals surface area contributed by atoms with Crippen molar-refractivity contribution >= 4 is 33.5 Å². The fourth-order valence-corrected chi connectivity index (χ4v) is 0.662. The first-order chi connectivity index (χ1) is 9.07. The van der Waals surface area contributed by atoms with Crippen LogP contribution in [-0.2, 0) is 43.9 Å². The van der Waals surface area contributed by atoms with Gasteiger partial charge in [0.2, 0.25) is 0 Å². The summed E-state index contributed by atoms with van der Waals surface area (Å²) in [6, 6.07) is 3.53. The largest absolute Gasteiger partial charge is 2.00 e. The number of hydrogen-bond acceptors (Lipinski definition) is 7. The average Bonchev–Trinajstić information content (AvgIpc) is 2.27. The van der Waals surface area contributed by atoms with E-state index in [0.717, 1.165) is 12.1 Å². The number of carbonyl (C=O) groups excluding carboxylic acids is 2. The summed E-state index contributed by atoms with van der Waals surface area (Å²) in [5.74, 6) is -3.03. The van der Waals surface area contributed by atoms with Gasteiger partial charge in [0.15, 0.2) is 0 Å². The Kier molecular flexibility index (Phi) is 21.4. The van der Waals surface area contributed by atoms with E-state index in [0.29, 0.717) is 0 Å². The summed E-state index contributed by atoms with van der Waals surface area (Å²) >= 11 is 0. The van der Waals surface area contributed by atoms with Crippen LogP contribution in [0.25, 0.3) is 0 Å². The quantitative estimate of drug-likeness (QED) is 0.475. The Labute approximate surface area is 143 Å². The van der Waals surface area contributed by atoms with Crippen LogP contribution < -0.4 is 10.2 Å². The van der Waals surface area contributed by atoms with Crippen LogP contribution in [0.5, 0.6) is 0 Å². The molecule has 1 radical (unpaired) electrons. The van der Waals surface area contributed by atoms with E-state index < -0.39 is 44.9 Å². The molecule has 1 aromatic heterocycles. The van der Waals surface area contributed by atoms with E-state index in [1.54, 1.807) is 25.0 Å². The summed E-state index contributed by atoms with van der Waals surface area (Å²) in [5, 5.41) is 20.4. The Hall–Kier alpha value is -1.14. The number of hydrogen-bond donors (Lipinski definition) is 0. The van der Waals surface area contributed by atoms with Gasteiger partial charge < -0.3 is 25.3 Å². The smallest absolute Gasteiger partial charge is 0.543 e. The summed E-state index contributed by atoms with van der Waals surface area (Å²) in [6.07, 6.45) is 6.56. The Morgan fingerprint density at radius 1 is 0.909 bits per heavy atom. The molecule has 0 amide bonds. The normalized spacial score (nSPS) is 8.27. The minimum Gasteiger partial charge on any atom is -0.543 e. The minimum absolute atomic E-state index is 0. The predicted octanol–water partition coefficient (Wildman–Crippen LogP) is -3.13.